The van der Waals surface area contributed by atoms with Gasteiger partial charge in [-0.25, -0.2) is 4.39 Å². The van der Waals surface area contributed by atoms with Crippen LogP contribution in [-0.2, 0) is 4.79 Å². The summed E-state index contributed by atoms with van der Waals surface area (Å²) in [6.45, 7) is 4.93. The predicted molar refractivity (Wildman–Crippen MR) is 97.4 cm³/mol. The van der Waals surface area contributed by atoms with Crippen molar-refractivity contribution in [3.63, 3.8) is 0 Å². The first kappa shape index (κ1) is 20.0. The van der Waals surface area contributed by atoms with Gasteiger partial charge in [-0.3, -0.25) is 19.7 Å². The Labute approximate surface area is 155 Å². The zero-order valence-corrected chi connectivity index (χ0v) is 15.1. The molecule has 2 rings (SSSR count). The molecular formula is C19H19FN2O5. The van der Waals surface area contributed by atoms with Gasteiger partial charge in [0.05, 0.1) is 11.0 Å². The number of nitrogens with zero attached hydrogens (tertiary/aromatic N) is 1. The van der Waals surface area contributed by atoms with Crippen LogP contribution in [0.2, 0.25) is 0 Å². The number of carbonyl (C=O) groups is 2. The molecule has 142 valence electrons. The van der Waals surface area contributed by atoms with Crippen molar-refractivity contribution in [2.45, 2.75) is 20.8 Å². The van der Waals surface area contributed by atoms with Crippen LogP contribution in [0.5, 0.6) is 5.75 Å². The summed E-state index contributed by atoms with van der Waals surface area (Å²) in [5.74, 6) is -1.72. The Morgan fingerprint density at radius 3 is 2.30 bits per heavy atom. The van der Waals surface area contributed by atoms with Gasteiger partial charge in [-0.1, -0.05) is 20.8 Å². The third kappa shape index (κ3) is 5.34. The van der Waals surface area contributed by atoms with Crippen molar-refractivity contribution in [2.24, 2.45) is 5.41 Å². The minimum absolute atomic E-state index is 0.154. The van der Waals surface area contributed by atoms with Gasteiger partial charge < -0.3 is 10.1 Å². The lowest BCUT2D eigenvalue weighted by atomic mass is 9.95. The van der Waals surface area contributed by atoms with E-state index in [4.69, 9.17) is 4.74 Å². The van der Waals surface area contributed by atoms with Gasteiger partial charge in [0.25, 0.3) is 5.69 Å². The highest BCUT2D eigenvalue weighted by atomic mass is 19.1. The number of nitro groups is 1. The lowest BCUT2D eigenvalue weighted by molar-refractivity contribution is -0.385. The third-order valence-electron chi connectivity index (χ3n) is 3.63. The number of hydrogen-bond acceptors (Lipinski definition) is 5. The van der Waals surface area contributed by atoms with Crippen LogP contribution >= 0.6 is 0 Å². The van der Waals surface area contributed by atoms with Crippen LogP contribution in [0.1, 0.15) is 31.1 Å². The fraction of sp³-hybridized carbons (Fsp3) is 0.263. The van der Waals surface area contributed by atoms with Crippen molar-refractivity contribution in [2.75, 3.05) is 11.9 Å². The molecule has 0 radical (unpaired) electrons. The van der Waals surface area contributed by atoms with E-state index in [1.807, 2.05) is 0 Å². The number of ether oxygens (including phenoxy) is 1. The predicted octanol–water partition coefficient (Wildman–Crippen LogP) is 3.98. The van der Waals surface area contributed by atoms with Crippen molar-refractivity contribution < 1.29 is 23.6 Å². The number of amides is 1. The van der Waals surface area contributed by atoms with Crippen LogP contribution in [0.4, 0.5) is 15.8 Å². The zero-order valence-electron chi connectivity index (χ0n) is 15.1. The molecule has 0 aliphatic heterocycles. The van der Waals surface area contributed by atoms with E-state index in [9.17, 15) is 24.1 Å². The van der Waals surface area contributed by atoms with E-state index in [1.165, 1.54) is 12.1 Å². The second-order valence-corrected chi connectivity index (χ2v) is 6.87. The quantitative estimate of drug-likeness (QED) is 0.468. The first-order valence-corrected chi connectivity index (χ1v) is 8.09. The number of rotatable bonds is 6. The number of nitrogens with one attached hydrogen (secondary N) is 1. The lowest BCUT2D eigenvalue weighted by Gasteiger charge is -2.17. The molecule has 0 aliphatic carbocycles. The first-order chi connectivity index (χ1) is 12.6. The van der Waals surface area contributed by atoms with Crippen LogP contribution < -0.4 is 10.1 Å². The van der Waals surface area contributed by atoms with E-state index in [0.717, 1.165) is 18.2 Å². The summed E-state index contributed by atoms with van der Waals surface area (Å²) < 4.78 is 18.9. The fourth-order valence-corrected chi connectivity index (χ4v) is 2.01. The number of nitro benzene ring substituents is 1. The second-order valence-electron chi connectivity index (χ2n) is 6.87. The maximum atomic E-state index is 13.8. The molecule has 1 N–H and O–H groups in total. The van der Waals surface area contributed by atoms with Crippen molar-refractivity contribution in [1.82, 2.24) is 0 Å². The van der Waals surface area contributed by atoms with Gasteiger partial charge in [0, 0.05) is 22.7 Å². The SMILES string of the molecule is CC(C)(C)C(=O)Nc1ccc(C(=O)COc2ccc([N+](=O)[O-])cc2F)cc1. The maximum absolute atomic E-state index is 13.8. The van der Waals surface area contributed by atoms with Gasteiger partial charge in [-0.15, -0.1) is 0 Å². The number of Topliss-reactive ketones (excluding diaryl/α,β-unsaturated/α-hetero) is 1. The fourth-order valence-electron chi connectivity index (χ4n) is 2.01. The average molecular weight is 374 g/mol. The van der Waals surface area contributed by atoms with Gasteiger partial charge in [0.15, 0.2) is 24.0 Å². The standard InChI is InChI=1S/C19H19FN2O5/c1-19(2,3)18(24)21-13-6-4-12(5-7-13)16(23)11-27-17-9-8-14(22(25)26)10-15(17)20/h4-10H,11H2,1-3H3,(H,21,24). The summed E-state index contributed by atoms with van der Waals surface area (Å²) in [7, 11) is 0. The van der Waals surface area contributed by atoms with Gasteiger partial charge in [0.1, 0.15) is 0 Å². The number of anilines is 1. The Morgan fingerprint density at radius 2 is 1.78 bits per heavy atom. The van der Waals surface area contributed by atoms with E-state index in [2.05, 4.69) is 5.32 Å². The Kier molecular flexibility index (Phi) is 5.89. The minimum Gasteiger partial charge on any atom is -0.482 e. The Morgan fingerprint density at radius 1 is 1.15 bits per heavy atom. The molecule has 0 unspecified atom stereocenters. The molecule has 0 aliphatic rings. The van der Waals surface area contributed by atoms with Crippen LogP contribution in [0.3, 0.4) is 0 Å². The number of non-ortho nitro benzene ring substituents is 1. The molecule has 0 bridgehead atoms. The molecule has 0 saturated heterocycles. The summed E-state index contributed by atoms with van der Waals surface area (Å²) >= 11 is 0. The molecular weight excluding hydrogens is 355 g/mol. The molecule has 2 aromatic rings. The van der Waals surface area contributed by atoms with Gasteiger partial charge in [0.2, 0.25) is 5.91 Å². The van der Waals surface area contributed by atoms with Crippen molar-refractivity contribution >= 4 is 23.1 Å². The molecule has 0 aromatic heterocycles. The van der Waals surface area contributed by atoms with Crippen molar-refractivity contribution in [3.05, 3.63) is 64.0 Å². The van der Waals surface area contributed by atoms with Crippen LogP contribution in [-0.4, -0.2) is 23.2 Å². The van der Waals surface area contributed by atoms with Crippen molar-refractivity contribution in [3.8, 4) is 5.75 Å². The van der Waals surface area contributed by atoms with E-state index < -0.39 is 34.2 Å². The van der Waals surface area contributed by atoms with Crippen molar-refractivity contribution in [1.29, 1.82) is 0 Å². The normalized spacial score (nSPS) is 11.0. The largest absolute Gasteiger partial charge is 0.482 e. The number of benzene rings is 2. The topological polar surface area (TPSA) is 98.5 Å². The molecule has 8 heteroatoms. The number of carbonyl (C=O) groups excluding carboxylic acids is 2. The lowest BCUT2D eigenvalue weighted by Crippen LogP contribution is -2.27. The molecule has 2 aromatic carbocycles. The highest BCUT2D eigenvalue weighted by Crippen LogP contribution is 2.23. The van der Waals surface area contributed by atoms with E-state index in [0.29, 0.717) is 11.3 Å². The smallest absolute Gasteiger partial charge is 0.272 e. The molecule has 1 amide bonds. The monoisotopic (exact) mass is 374 g/mol. The maximum Gasteiger partial charge on any atom is 0.272 e. The molecule has 0 heterocycles. The summed E-state index contributed by atoms with van der Waals surface area (Å²) in [6, 6.07) is 9.15. The molecule has 27 heavy (non-hydrogen) atoms. The van der Waals surface area contributed by atoms with Gasteiger partial charge >= 0.3 is 0 Å². The second kappa shape index (κ2) is 7.94. The Bertz CT molecular complexity index is 873. The number of ketones is 1. The van der Waals surface area contributed by atoms with E-state index >= 15 is 0 Å². The zero-order chi connectivity index (χ0) is 20.2. The molecule has 0 fully saturated rings. The van der Waals surface area contributed by atoms with E-state index in [-0.39, 0.29) is 11.7 Å². The average Bonchev–Trinajstić information content (AvgIpc) is 2.60. The molecule has 0 spiro atoms. The van der Waals surface area contributed by atoms with Gasteiger partial charge in [-0.2, -0.15) is 0 Å². The number of hydrogen-bond donors (Lipinski definition) is 1. The van der Waals surface area contributed by atoms with Gasteiger partial charge in [-0.05, 0) is 30.3 Å². The summed E-state index contributed by atoms with van der Waals surface area (Å²) in [6.07, 6.45) is 0. The molecule has 0 saturated carbocycles. The third-order valence-corrected chi connectivity index (χ3v) is 3.63. The highest BCUT2D eigenvalue weighted by Gasteiger charge is 2.21. The summed E-state index contributed by atoms with van der Waals surface area (Å²) in [5.41, 5.74) is -0.0732. The Hall–Kier alpha value is -3.29. The first-order valence-electron chi connectivity index (χ1n) is 8.09. The summed E-state index contributed by atoms with van der Waals surface area (Å²) in [4.78, 5) is 33.9. The summed E-state index contributed by atoms with van der Waals surface area (Å²) in [5, 5.41) is 13.3. The van der Waals surface area contributed by atoms with Crippen LogP contribution in [0.15, 0.2) is 42.5 Å². The van der Waals surface area contributed by atoms with Crippen LogP contribution in [0.25, 0.3) is 0 Å². The van der Waals surface area contributed by atoms with E-state index in [1.54, 1.807) is 32.9 Å². The molecule has 0 atom stereocenters. The minimum atomic E-state index is -0.919. The number of halogens is 1. The van der Waals surface area contributed by atoms with Crippen LogP contribution in [0, 0.1) is 21.3 Å². The molecule has 7 nitrogen and oxygen atoms in total. The Balaban J connectivity index is 1.98. The highest BCUT2D eigenvalue weighted by molar-refractivity contribution is 5.98.